The van der Waals surface area contributed by atoms with Crippen LogP contribution in [0.15, 0.2) is 18.2 Å². The van der Waals surface area contributed by atoms with Gasteiger partial charge in [0.25, 0.3) is 0 Å². The highest BCUT2D eigenvalue weighted by Crippen LogP contribution is 2.37. The molecule has 2 N–H and O–H groups in total. The van der Waals surface area contributed by atoms with E-state index in [-0.39, 0.29) is 6.10 Å². The number of hydrogen-bond donors (Lipinski definition) is 1. The second kappa shape index (κ2) is 7.17. The molecule has 1 unspecified atom stereocenters. The van der Waals surface area contributed by atoms with Gasteiger partial charge >= 0.3 is 0 Å². The van der Waals surface area contributed by atoms with Crippen LogP contribution in [0.1, 0.15) is 46.1 Å². The van der Waals surface area contributed by atoms with Crippen molar-refractivity contribution in [1.82, 2.24) is 0 Å². The quantitative estimate of drug-likeness (QED) is 0.814. The Morgan fingerprint density at radius 3 is 2.62 bits per heavy atom. The molecule has 0 aliphatic carbocycles. The summed E-state index contributed by atoms with van der Waals surface area (Å²) < 4.78 is 6.19. The molecule has 3 nitrogen and oxygen atoms in total. The van der Waals surface area contributed by atoms with Gasteiger partial charge in [0, 0.05) is 6.04 Å². The third-order valence-corrected chi connectivity index (χ3v) is 4.27. The minimum Gasteiger partial charge on any atom is -0.486 e. The molecule has 2 rings (SSSR count). The van der Waals surface area contributed by atoms with Crippen LogP contribution >= 0.6 is 0 Å². The van der Waals surface area contributed by atoms with E-state index in [0.29, 0.717) is 12.0 Å². The van der Waals surface area contributed by atoms with Crippen LogP contribution in [0, 0.1) is 5.92 Å². The molecule has 21 heavy (non-hydrogen) atoms. The first-order valence-electron chi connectivity index (χ1n) is 8.29. The topological polar surface area (TPSA) is 38.5 Å². The molecule has 0 amide bonds. The van der Waals surface area contributed by atoms with Crippen molar-refractivity contribution in [2.24, 2.45) is 11.7 Å². The van der Waals surface area contributed by atoms with Crippen molar-refractivity contribution in [2.75, 3.05) is 18.0 Å². The van der Waals surface area contributed by atoms with Crippen LogP contribution in [-0.4, -0.2) is 25.2 Å². The predicted molar refractivity (Wildman–Crippen MR) is 90.2 cm³/mol. The fourth-order valence-corrected chi connectivity index (χ4v) is 2.84. The van der Waals surface area contributed by atoms with Crippen LogP contribution in [0.5, 0.6) is 5.75 Å². The molecule has 0 spiro atoms. The molecule has 1 aliphatic heterocycles. The van der Waals surface area contributed by atoms with Crippen molar-refractivity contribution in [3.8, 4) is 5.75 Å². The molecule has 0 fully saturated rings. The Balaban J connectivity index is 2.21. The Morgan fingerprint density at radius 1 is 1.24 bits per heavy atom. The maximum Gasteiger partial charge on any atom is 0.143 e. The molecule has 0 saturated heterocycles. The fourth-order valence-electron chi connectivity index (χ4n) is 2.84. The molecule has 0 saturated carbocycles. The zero-order valence-corrected chi connectivity index (χ0v) is 13.9. The Kier molecular flexibility index (Phi) is 5.51. The standard InChI is InChI=1S/C18H30N2O/c1-13(2)18-12-20(14(3)4)16-11-15(7-5-6-10-19)8-9-17(16)21-18/h8-9,11,13-14,18H,5-7,10,12,19H2,1-4H3. The van der Waals surface area contributed by atoms with Gasteiger partial charge in [-0.25, -0.2) is 0 Å². The lowest BCUT2D eigenvalue weighted by molar-refractivity contribution is 0.143. The van der Waals surface area contributed by atoms with Gasteiger partial charge in [-0.05, 0) is 63.3 Å². The van der Waals surface area contributed by atoms with Crippen molar-refractivity contribution in [2.45, 2.75) is 59.1 Å². The Bertz CT molecular complexity index is 457. The largest absolute Gasteiger partial charge is 0.486 e. The molecule has 1 aromatic carbocycles. The van der Waals surface area contributed by atoms with Crippen LogP contribution in [0.2, 0.25) is 0 Å². The van der Waals surface area contributed by atoms with E-state index in [9.17, 15) is 0 Å². The normalized spacial score (nSPS) is 18.0. The van der Waals surface area contributed by atoms with Crippen molar-refractivity contribution >= 4 is 5.69 Å². The van der Waals surface area contributed by atoms with Gasteiger partial charge < -0.3 is 15.4 Å². The summed E-state index contributed by atoms with van der Waals surface area (Å²) >= 11 is 0. The summed E-state index contributed by atoms with van der Waals surface area (Å²) in [5.41, 5.74) is 8.23. The molecule has 1 heterocycles. The first-order chi connectivity index (χ1) is 10.0. The summed E-state index contributed by atoms with van der Waals surface area (Å²) in [5, 5.41) is 0. The Labute approximate surface area is 129 Å². The molecule has 0 bridgehead atoms. The van der Waals surface area contributed by atoms with Crippen LogP contribution in [0.4, 0.5) is 5.69 Å². The van der Waals surface area contributed by atoms with Gasteiger partial charge in [0.05, 0.1) is 12.2 Å². The zero-order valence-electron chi connectivity index (χ0n) is 13.9. The molecular formula is C18H30N2O. The summed E-state index contributed by atoms with van der Waals surface area (Å²) in [4.78, 5) is 2.48. The highest BCUT2D eigenvalue weighted by molar-refractivity contribution is 5.62. The number of aryl methyl sites for hydroxylation is 1. The van der Waals surface area contributed by atoms with Gasteiger partial charge in [-0.2, -0.15) is 0 Å². The number of benzene rings is 1. The van der Waals surface area contributed by atoms with Crippen LogP contribution in [0.3, 0.4) is 0 Å². The minimum absolute atomic E-state index is 0.281. The van der Waals surface area contributed by atoms with Gasteiger partial charge in [0.1, 0.15) is 11.9 Å². The van der Waals surface area contributed by atoms with E-state index >= 15 is 0 Å². The molecule has 3 heteroatoms. The maximum absolute atomic E-state index is 6.19. The second-order valence-corrected chi connectivity index (χ2v) is 6.69. The summed E-state index contributed by atoms with van der Waals surface area (Å²) in [6, 6.07) is 7.16. The molecule has 1 aliphatic rings. The number of hydrogen-bond acceptors (Lipinski definition) is 3. The van der Waals surface area contributed by atoms with Gasteiger partial charge in [0.2, 0.25) is 0 Å². The van der Waals surface area contributed by atoms with E-state index in [1.54, 1.807) is 0 Å². The summed E-state index contributed by atoms with van der Waals surface area (Å²) in [6.07, 6.45) is 3.64. The van der Waals surface area contributed by atoms with Crippen molar-refractivity contribution in [1.29, 1.82) is 0 Å². The average Bonchev–Trinajstić information content (AvgIpc) is 2.46. The Hall–Kier alpha value is -1.22. The van der Waals surface area contributed by atoms with Crippen LogP contribution in [-0.2, 0) is 6.42 Å². The average molecular weight is 290 g/mol. The summed E-state index contributed by atoms with van der Waals surface area (Å²) in [6.45, 7) is 10.7. The van der Waals surface area contributed by atoms with E-state index in [4.69, 9.17) is 10.5 Å². The number of fused-ring (bicyclic) bond motifs is 1. The number of anilines is 1. The van der Waals surface area contributed by atoms with E-state index in [1.165, 1.54) is 11.3 Å². The number of nitrogens with two attached hydrogens (primary N) is 1. The van der Waals surface area contributed by atoms with E-state index in [2.05, 4.69) is 50.8 Å². The third-order valence-electron chi connectivity index (χ3n) is 4.27. The number of unbranched alkanes of at least 4 members (excludes halogenated alkanes) is 1. The van der Waals surface area contributed by atoms with Crippen molar-refractivity contribution in [3.05, 3.63) is 23.8 Å². The van der Waals surface area contributed by atoms with Crippen molar-refractivity contribution < 1.29 is 4.74 Å². The smallest absolute Gasteiger partial charge is 0.143 e. The minimum atomic E-state index is 0.281. The molecule has 0 radical (unpaired) electrons. The van der Waals surface area contributed by atoms with Gasteiger partial charge in [0.15, 0.2) is 0 Å². The number of rotatable bonds is 6. The maximum atomic E-state index is 6.19. The van der Waals surface area contributed by atoms with Crippen LogP contribution in [0.25, 0.3) is 0 Å². The van der Waals surface area contributed by atoms with Crippen molar-refractivity contribution in [3.63, 3.8) is 0 Å². The molecule has 1 aromatic rings. The first-order valence-corrected chi connectivity index (χ1v) is 8.29. The Morgan fingerprint density at radius 2 is 2.00 bits per heavy atom. The third kappa shape index (κ3) is 3.91. The SMILES string of the molecule is CC(C)C1CN(C(C)C)c2cc(CCCCN)ccc2O1. The van der Waals surface area contributed by atoms with Gasteiger partial charge in [-0.1, -0.05) is 19.9 Å². The summed E-state index contributed by atoms with van der Waals surface area (Å²) in [5.74, 6) is 1.57. The molecular weight excluding hydrogens is 260 g/mol. The summed E-state index contributed by atoms with van der Waals surface area (Å²) in [7, 11) is 0. The highest BCUT2D eigenvalue weighted by atomic mass is 16.5. The lowest BCUT2D eigenvalue weighted by Gasteiger charge is -2.40. The lowest BCUT2D eigenvalue weighted by atomic mass is 10.0. The molecule has 1 atom stereocenters. The van der Waals surface area contributed by atoms with E-state index < -0.39 is 0 Å². The van der Waals surface area contributed by atoms with Crippen LogP contribution < -0.4 is 15.4 Å². The monoisotopic (exact) mass is 290 g/mol. The fraction of sp³-hybridized carbons (Fsp3) is 0.667. The molecule has 118 valence electrons. The lowest BCUT2D eigenvalue weighted by Crippen LogP contribution is -2.45. The van der Waals surface area contributed by atoms with Gasteiger partial charge in [-0.15, -0.1) is 0 Å². The molecule has 0 aromatic heterocycles. The number of nitrogens with zero attached hydrogens (tertiary/aromatic N) is 1. The van der Waals surface area contributed by atoms with E-state index in [0.717, 1.165) is 38.1 Å². The predicted octanol–water partition coefficient (Wildman–Crippen LogP) is 3.60. The second-order valence-electron chi connectivity index (χ2n) is 6.69. The highest BCUT2D eigenvalue weighted by Gasteiger charge is 2.29. The van der Waals surface area contributed by atoms with Gasteiger partial charge in [-0.3, -0.25) is 0 Å². The number of ether oxygens (including phenoxy) is 1. The first kappa shape index (κ1) is 16.2. The van der Waals surface area contributed by atoms with E-state index in [1.807, 2.05) is 0 Å². The zero-order chi connectivity index (χ0) is 15.4.